The van der Waals surface area contributed by atoms with Crippen LogP contribution in [0.5, 0.6) is 0 Å². The van der Waals surface area contributed by atoms with Crippen LogP contribution in [0.1, 0.15) is 19.4 Å². The lowest BCUT2D eigenvalue weighted by Gasteiger charge is -2.38. The van der Waals surface area contributed by atoms with Crippen molar-refractivity contribution in [1.29, 1.82) is 10.5 Å². The minimum absolute atomic E-state index is 0.0784. The molecule has 6 heteroatoms. The average molecular weight is 342 g/mol. The van der Waals surface area contributed by atoms with E-state index in [0.717, 1.165) is 18.0 Å². The minimum Gasteiger partial charge on any atom is -0.339 e. The van der Waals surface area contributed by atoms with E-state index in [1.54, 1.807) is 12.1 Å². The van der Waals surface area contributed by atoms with Gasteiger partial charge in [0.15, 0.2) is 0 Å². The van der Waals surface area contributed by atoms with Crippen LogP contribution in [0.25, 0.3) is 0 Å². The van der Waals surface area contributed by atoms with Gasteiger partial charge in [-0.2, -0.15) is 10.5 Å². The van der Waals surface area contributed by atoms with Gasteiger partial charge in [0.25, 0.3) is 0 Å². The molecule has 2 rings (SSSR count). The molecule has 1 saturated heterocycles. The van der Waals surface area contributed by atoms with Gasteiger partial charge in [-0.15, -0.1) is 11.8 Å². The molecule has 0 bridgehead atoms. The van der Waals surface area contributed by atoms with Crippen molar-refractivity contribution in [3.05, 3.63) is 29.8 Å². The van der Waals surface area contributed by atoms with Crippen LogP contribution in [-0.2, 0) is 4.79 Å². The molecule has 5 nitrogen and oxygen atoms in total. The average Bonchev–Trinajstić information content (AvgIpc) is 2.60. The summed E-state index contributed by atoms with van der Waals surface area (Å²) in [6, 6.07) is 11.7. The first kappa shape index (κ1) is 18.3. The molecule has 1 atom stereocenters. The van der Waals surface area contributed by atoms with Crippen LogP contribution >= 0.6 is 11.8 Å². The second kappa shape index (κ2) is 8.73. The third-order valence-corrected chi connectivity index (χ3v) is 5.13. The van der Waals surface area contributed by atoms with E-state index in [1.807, 2.05) is 17.0 Å². The summed E-state index contributed by atoms with van der Waals surface area (Å²) in [5.74, 6) is 0.779. The molecule has 24 heavy (non-hydrogen) atoms. The smallest absolute Gasteiger partial charge is 0.233 e. The highest BCUT2D eigenvalue weighted by Gasteiger charge is 2.27. The molecule has 1 aliphatic rings. The summed E-state index contributed by atoms with van der Waals surface area (Å²) in [4.78, 5) is 17.3. The third kappa shape index (κ3) is 4.74. The topological polar surface area (TPSA) is 71.1 Å². The Hall–Kier alpha value is -2.02. The Morgan fingerprint density at radius 1 is 1.25 bits per heavy atom. The van der Waals surface area contributed by atoms with Crippen molar-refractivity contribution >= 4 is 17.7 Å². The molecule has 1 fully saturated rings. The van der Waals surface area contributed by atoms with Crippen molar-refractivity contribution in [2.45, 2.75) is 24.8 Å². The quantitative estimate of drug-likeness (QED) is 0.768. The molecule has 1 aromatic rings. The van der Waals surface area contributed by atoms with E-state index in [2.05, 4.69) is 30.9 Å². The van der Waals surface area contributed by atoms with Crippen LogP contribution in [0.2, 0.25) is 0 Å². The number of hydrogen-bond donors (Lipinski definition) is 0. The summed E-state index contributed by atoms with van der Waals surface area (Å²) in [5, 5.41) is 18.2. The summed E-state index contributed by atoms with van der Waals surface area (Å²) in [6.07, 6.45) is 0. The van der Waals surface area contributed by atoms with E-state index in [0.29, 0.717) is 30.3 Å². The summed E-state index contributed by atoms with van der Waals surface area (Å²) < 4.78 is 0. The van der Waals surface area contributed by atoms with Crippen LogP contribution in [0.3, 0.4) is 0 Å². The lowest BCUT2D eigenvalue weighted by molar-refractivity contribution is -0.130. The number of carbonyl (C=O) groups is 1. The Labute approximate surface area is 147 Å². The number of nitrogens with zero attached hydrogens (tertiary/aromatic N) is 4. The van der Waals surface area contributed by atoms with E-state index in [1.165, 1.54) is 11.8 Å². The van der Waals surface area contributed by atoms with Crippen molar-refractivity contribution in [2.24, 2.45) is 5.92 Å². The minimum atomic E-state index is -0.0784. The van der Waals surface area contributed by atoms with Crippen LogP contribution in [0.15, 0.2) is 29.2 Å². The Kier molecular flexibility index (Phi) is 6.66. The van der Waals surface area contributed by atoms with Gasteiger partial charge in [-0.3, -0.25) is 9.69 Å². The normalized spacial score (nSPS) is 16.5. The lowest BCUT2D eigenvalue weighted by atomic mass is 10.0. The molecule has 0 spiro atoms. The summed E-state index contributed by atoms with van der Waals surface area (Å²) in [5.41, 5.74) is 0.609. The van der Waals surface area contributed by atoms with E-state index in [9.17, 15) is 10.1 Å². The number of amides is 1. The fourth-order valence-electron chi connectivity index (χ4n) is 2.79. The SMILES string of the molecule is CC(C)C(C#N)N1CCN(C(=O)CSc2cccc(C#N)c2)CC1. The van der Waals surface area contributed by atoms with Crippen LogP contribution in [0, 0.1) is 28.6 Å². The molecule has 1 aliphatic heterocycles. The van der Waals surface area contributed by atoms with Gasteiger partial charge < -0.3 is 4.90 Å². The standard InChI is InChI=1S/C18H22N4OS/c1-14(2)17(12-20)21-6-8-22(9-7-21)18(23)13-24-16-5-3-4-15(10-16)11-19/h3-5,10,14,17H,6-9,13H2,1-2H3. The molecule has 1 amide bonds. The zero-order valence-electron chi connectivity index (χ0n) is 14.1. The zero-order chi connectivity index (χ0) is 17.5. The monoisotopic (exact) mass is 342 g/mol. The van der Waals surface area contributed by atoms with Crippen LogP contribution in [-0.4, -0.2) is 53.7 Å². The highest BCUT2D eigenvalue weighted by atomic mass is 32.2. The number of rotatable bonds is 5. The number of benzene rings is 1. The second-order valence-corrected chi connectivity index (χ2v) is 7.21. The molecular weight excluding hydrogens is 320 g/mol. The maximum atomic E-state index is 12.4. The van der Waals surface area contributed by atoms with Crippen molar-refractivity contribution < 1.29 is 4.79 Å². The van der Waals surface area contributed by atoms with Gasteiger partial charge in [0.1, 0.15) is 6.04 Å². The predicted octanol–water partition coefficient (Wildman–Crippen LogP) is 2.34. The summed E-state index contributed by atoms with van der Waals surface area (Å²) >= 11 is 1.46. The van der Waals surface area contributed by atoms with Gasteiger partial charge in [-0.25, -0.2) is 0 Å². The molecule has 0 N–H and O–H groups in total. The van der Waals surface area contributed by atoms with Crippen LogP contribution in [0.4, 0.5) is 0 Å². The predicted molar refractivity (Wildman–Crippen MR) is 94.3 cm³/mol. The number of thioether (sulfide) groups is 1. The van der Waals surface area contributed by atoms with Crippen molar-refractivity contribution in [3.8, 4) is 12.1 Å². The molecule has 126 valence electrons. The van der Waals surface area contributed by atoms with Gasteiger partial charge in [-0.1, -0.05) is 19.9 Å². The molecule has 0 aliphatic carbocycles. The molecule has 1 aromatic carbocycles. The molecule has 0 aromatic heterocycles. The third-order valence-electron chi connectivity index (χ3n) is 4.15. The second-order valence-electron chi connectivity index (χ2n) is 6.16. The first-order chi connectivity index (χ1) is 11.5. The van der Waals surface area contributed by atoms with Gasteiger partial charge in [0.2, 0.25) is 5.91 Å². The van der Waals surface area contributed by atoms with Gasteiger partial charge >= 0.3 is 0 Å². The van der Waals surface area contributed by atoms with Crippen molar-refractivity contribution in [3.63, 3.8) is 0 Å². The summed E-state index contributed by atoms with van der Waals surface area (Å²) in [7, 11) is 0. The first-order valence-corrected chi connectivity index (χ1v) is 9.08. The molecular formula is C18H22N4OS. The fraction of sp³-hybridized carbons (Fsp3) is 0.500. The number of nitriles is 2. The highest BCUT2D eigenvalue weighted by Crippen LogP contribution is 2.20. The zero-order valence-corrected chi connectivity index (χ0v) is 14.9. The van der Waals surface area contributed by atoms with Gasteiger partial charge in [0, 0.05) is 31.1 Å². The highest BCUT2D eigenvalue weighted by molar-refractivity contribution is 8.00. The maximum absolute atomic E-state index is 12.4. The summed E-state index contributed by atoms with van der Waals surface area (Å²) in [6.45, 7) is 6.94. The number of carbonyl (C=O) groups excluding carboxylic acids is 1. The molecule has 1 heterocycles. The largest absolute Gasteiger partial charge is 0.339 e. The van der Waals surface area contributed by atoms with E-state index >= 15 is 0 Å². The van der Waals surface area contributed by atoms with Gasteiger partial charge in [-0.05, 0) is 24.1 Å². The van der Waals surface area contributed by atoms with E-state index < -0.39 is 0 Å². The molecule has 1 unspecified atom stereocenters. The Morgan fingerprint density at radius 3 is 2.54 bits per heavy atom. The fourth-order valence-corrected chi connectivity index (χ4v) is 3.65. The van der Waals surface area contributed by atoms with Crippen molar-refractivity contribution in [1.82, 2.24) is 9.80 Å². The first-order valence-electron chi connectivity index (χ1n) is 8.09. The Bertz CT molecular complexity index is 654. The Morgan fingerprint density at radius 2 is 1.96 bits per heavy atom. The van der Waals surface area contributed by atoms with Gasteiger partial charge in [0.05, 0.1) is 23.5 Å². The maximum Gasteiger partial charge on any atom is 0.233 e. The van der Waals surface area contributed by atoms with E-state index in [-0.39, 0.29) is 11.9 Å². The van der Waals surface area contributed by atoms with Crippen LogP contribution < -0.4 is 0 Å². The van der Waals surface area contributed by atoms with Crippen molar-refractivity contribution in [2.75, 3.05) is 31.9 Å². The molecule has 0 saturated carbocycles. The molecule has 0 radical (unpaired) electrons. The Balaban J connectivity index is 1.83. The number of hydrogen-bond acceptors (Lipinski definition) is 5. The number of piperazine rings is 1. The lowest BCUT2D eigenvalue weighted by Crippen LogP contribution is -2.53. The van der Waals surface area contributed by atoms with E-state index in [4.69, 9.17) is 5.26 Å².